The number of phenolic OH excluding ortho intramolecular Hbond substituents is 4. The van der Waals surface area contributed by atoms with E-state index in [0.29, 0.717) is 11.1 Å². The van der Waals surface area contributed by atoms with Crippen molar-refractivity contribution < 1.29 is 39.5 Å². The van der Waals surface area contributed by atoms with Crippen LogP contribution >= 0.6 is 0 Å². The SMILES string of the molecule is CCOC(=O)[C@@H](N)Cc1ccc(O)c(O)c1.CCOC(=O)[C@@H](N)Cc1ccc(O)c(O)c1. The number of phenols is 4. The fourth-order valence-electron chi connectivity index (χ4n) is 2.57. The molecule has 0 aromatic heterocycles. The molecule has 10 heteroatoms. The van der Waals surface area contributed by atoms with E-state index in [1.807, 2.05) is 0 Å². The summed E-state index contributed by atoms with van der Waals surface area (Å²) in [6.45, 7) is 3.98. The van der Waals surface area contributed by atoms with Crippen molar-refractivity contribution in [3.63, 3.8) is 0 Å². The number of benzene rings is 2. The predicted molar refractivity (Wildman–Crippen MR) is 116 cm³/mol. The van der Waals surface area contributed by atoms with Gasteiger partial charge in [0.15, 0.2) is 23.0 Å². The number of nitrogens with two attached hydrogens (primary N) is 2. The maximum absolute atomic E-state index is 11.2. The summed E-state index contributed by atoms with van der Waals surface area (Å²) in [5.41, 5.74) is 12.5. The van der Waals surface area contributed by atoms with Crippen LogP contribution in [0.25, 0.3) is 0 Å². The lowest BCUT2D eigenvalue weighted by atomic mass is 10.1. The summed E-state index contributed by atoms with van der Waals surface area (Å²) in [6.07, 6.45) is 0.513. The number of aromatic hydroxyl groups is 4. The van der Waals surface area contributed by atoms with E-state index in [1.54, 1.807) is 26.0 Å². The van der Waals surface area contributed by atoms with Crippen molar-refractivity contribution in [3.8, 4) is 23.0 Å². The molecule has 0 heterocycles. The van der Waals surface area contributed by atoms with Gasteiger partial charge in [0.2, 0.25) is 0 Å². The average Bonchev–Trinajstić information content (AvgIpc) is 2.74. The van der Waals surface area contributed by atoms with Gasteiger partial charge in [-0.05, 0) is 62.1 Å². The van der Waals surface area contributed by atoms with Crippen LogP contribution in [0.2, 0.25) is 0 Å². The third kappa shape index (κ3) is 8.70. The zero-order valence-electron chi connectivity index (χ0n) is 18.0. The molecule has 0 aliphatic carbocycles. The lowest BCUT2D eigenvalue weighted by molar-refractivity contribution is -0.145. The number of rotatable bonds is 8. The Hall–Kier alpha value is -3.50. The smallest absolute Gasteiger partial charge is 0.323 e. The fourth-order valence-corrected chi connectivity index (χ4v) is 2.57. The van der Waals surface area contributed by atoms with E-state index in [-0.39, 0.29) is 49.1 Å². The third-order valence-electron chi connectivity index (χ3n) is 4.17. The molecule has 0 bridgehead atoms. The number of carbonyl (C=O) groups is 2. The van der Waals surface area contributed by atoms with Crippen molar-refractivity contribution in [1.29, 1.82) is 0 Å². The molecule has 32 heavy (non-hydrogen) atoms. The second-order valence-corrected chi connectivity index (χ2v) is 6.77. The van der Waals surface area contributed by atoms with E-state index < -0.39 is 24.0 Å². The Bertz CT molecular complexity index is 830. The largest absolute Gasteiger partial charge is 0.504 e. The van der Waals surface area contributed by atoms with Crippen LogP contribution in [-0.4, -0.2) is 57.7 Å². The van der Waals surface area contributed by atoms with Crippen LogP contribution in [0.1, 0.15) is 25.0 Å². The lowest BCUT2D eigenvalue weighted by Crippen LogP contribution is -2.34. The zero-order chi connectivity index (χ0) is 24.3. The Morgan fingerprint density at radius 1 is 0.719 bits per heavy atom. The minimum absolute atomic E-state index is 0.201. The topological polar surface area (TPSA) is 186 Å². The summed E-state index contributed by atoms with van der Waals surface area (Å²) in [7, 11) is 0. The molecule has 10 nitrogen and oxygen atoms in total. The van der Waals surface area contributed by atoms with Crippen molar-refractivity contribution in [2.75, 3.05) is 13.2 Å². The van der Waals surface area contributed by atoms with Crippen molar-refractivity contribution in [3.05, 3.63) is 47.5 Å². The summed E-state index contributed by atoms with van der Waals surface area (Å²) in [5.74, 6) is -1.81. The van der Waals surface area contributed by atoms with Crippen molar-refractivity contribution in [2.45, 2.75) is 38.8 Å². The van der Waals surface area contributed by atoms with E-state index in [2.05, 4.69) is 0 Å². The van der Waals surface area contributed by atoms with Gasteiger partial charge in [0.1, 0.15) is 12.1 Å². The first kappa shape index (κ1) is 26.5. The van der Waals surface area contributed by atoms with Gasteiger partial charge in [0, 0.05) is 0 Å². The first-order valence-electron chi connectivity index (χ1n) is 9.95. The van der Waals surface area contributed by atoms with Crippen LogP contribution in [0.15, 0.2) is 36.4 Å². The number of esters is 2. The van der Waals surface area contributed by atoms with Crippen LogP contribution in [0.4, 0.5) is 0 Å². The minimum atomic E-state index is -0.760. The highest BCUT2D eigenvalue weighted by molar-refractivity contribution is 5.76. The van der Waals surface area contributed by atoms with Gasteiger partial charge in [-0.3, -0.25) is 9.59 Å². The summed E-state index contributed by atoms with van der Waals surface area (Å²) in [4.78, 5) is 22.5. The van der Waals surface area contributed by atoms with Crippen LogP contribution in [0.3, 0.4) is 0 Å². The molecule has 2 rings (SSSR count). The molecule has 2 aromatic carbocycles. The third-order valence-corrected chi connectivity index (χ3v) is 4.17. The fraction of sp³-hybridized carbons (Fsp3) is 0.364. The Labute approximate surface area is 186 Å². The Morgan fingerprint density at radius 2 is 1.06 bits per heavy atom. The summed E-state index contributed by atoms with van der Waals surface area (Å²) in [5, 5.41) is 36.7. The molecule has 0 aliphatic rings. The summed E-state index contributed by atoms with van der Waals surface area (Å²) in [6, 6.07) is 7.10. The highest BCUT2D eigenvalue weighted by Crippen LogP contribution is 2.26. The van der Waals surface area contributed by atoms with Crippen molar-refractivity contribution in [1.82, 2.24) is 0 Å². The second kappa shape index (κ2) is 13.0. The van der Waals surface area contributed by atoms with Gasteiger partial charge in [0.05, 0.1) is 13.2 Å². The standard InChI is InChI=1S/2C11H15NO4/c2*1-2-16-11(15)8(12)5-7-3-4-9(13)10(14)6-7/h2*3-4,6,8,13-14H,2,5,12H2,1H3/t2*8-/m00/s1. The quantitative estimate of drug-likeness (QED) is 0.251. The highest BCUT2D eigenvalue weighted by Gasteiger charge is 2.16. The van der Waals surface area contributed by atoms with Gasteiger partial charge in [0.25, 0.3) is 0 Å². The van der Waals surface area contributed by atoms with E-state index in [9.17, 15) is 19.8 Å². The normalized spacial score (nSPS) is 12.1. The second-order valence-electron chi connectivity index (χ2n) is 6.77. The zero-order valence-corrected chi connectivity index (χ0v) is 18.0. The van der Waals surface area contributed by atoms with Gasteiger partial charge in [-0.25, -0.2) is 0 Å². The van der Waals surface area contributed by atoms with Gasteiger partial charge in [-0.15, -0.1) is 0 Å². The molecule has 0 spiro atoms. The molecule has 2 aromatic rings. The van der Waals surface area contributed by atoms with Crippen molar-refractivity contribution >= 4 is 11.9 Å². The molecule has 176 valence electrons. The van der Waals surface area contributed by atoms with Gasteiger partial charge in [-0.2, -0.15) is 0 Å². The molecule has 0 saturated heterocycles. The monoisotopic (exact) mass is 450 g/mol. The number of hydrogen-bond acceptors (Lipinski definition) is 10. The first-order valence-corrected chi connectivity index (χ1v) is 9.95. The highest BCUT2D eigenvalue weighted by atomic mass is 16.5. The van der Waals surface area contributed by atoms with Crippen molar-refractivity contribution in [2.24, 2.45) is 11.5 Å². The van der Waals surface area contributed by atoms with Gasteiger partial charge >= 0.3 is 11.9 Å². The van der Waals surface area contributed by atoms with Crippen LogP contribution < -0.4 is 11.5 Å². The molecular weight excluding hydrogens is 420 g/mol. The molecular formula is C22H30N2O8. The van der Waals surface area contributed by atoms with Crippen LogP contribution in [-0.2, 0) is 31.9 Å². The summed E-state index contributed by atoms with van der Waals surface area (Å²) < 4.78 is 9.51. The van der Waals surface area contributed by atoms with E-state index in [1.165, 1.54) is 24.3 Å². The van der Waals surface area contributed by atoms with Gasteiger partial charge in [-0.1, -0.05) is 12.1 Å². The predicted octanol–water partition coefficient (Wildman–Crippen LogP) is 1.06. The minimum Gasteiger partial charge on any atom is -0.504 e. The molecule has 8 N–H and O–H groups in total. The van der Waals surface area contributed by atoms with Crippen LogP contribution in [0.5, 0.6) is 23.0 Å². The molecule has 0 saturated carbocycles. The molecule has 0 amide bonds. The van der Waals surface area contributed by atoms with E-state index in [0.717, 1.165) is 0 Å². The first-order chi connectivity index (χ1) is 15.1. The molecule has 0 aliphatic heterocycles. The summed E-state index contributed by atoms with van der Waals surface area (Å²) >= 11 is 0. The van der Waals surface area contributed by atoms with Crippen LogP contribution in [0, 0.1) is 0 Å². The Morgan fingerprint density at radius 3 is 1.34 bits per heavy atom. The molecule has 2 atom stereocenters. The Balaban J connectivity index is 0.000000320. The molecule has 0 unspecified atom stereocenters. The maximum atomic E-state index is 11.2. The Kier molecular flexibility index (Phi) is 10.8. The number of carbonyl (C=O) groups excluding carboxylic acids is 2. The van der Waals surface area contributed by atoms with Gasteiger partial charge < -0.3 is 41.4 Å². The number of hydrogen-bond donors (Lipinski definition) is 6. The van der Waals surface area contributed by atoms with E-state index in [4.69, 9.17) is 31.2 Å². The average molecular weight is 450 g/mol. The lowest BCUT2D eigenvalue weighted by Gasteiger charge is -2.10. The molecule has 0 radical (unpaired) electrons. The van der Waals surface area contributed by atoms with E-state index >= 15 is 0 Å². The number of ether oxygens (including phenoxy) is 2. The maximum Gasteiger partial charge on any atom is 0.323 e. The molecule has 0 fully saturated rings.